The van der Waals surface area contributed by atoms with Crippen molar-refractivity contribution >= 4 is 12.0 Å². The molecule has 0 radical (unpaired) electrons. The number of hydrogen-bond acceptors (Lipinski definition) is 3. The smallest absolute Gasteiger partial charge is 0.340 e. The highest BCUT2D eigenvalue weighted by atomic mass is 16.5. The van der Waals surface area contributed by atoms with Crippen LogP contribution in [-0.2, 0) is 12.8 Å². The van der Waals surface area contributed by atoms with Gasteiger partial charge in [-0.25, -0.2) is 4.79 Å². The van der Waals surface area contributed by atoms with Crippen molar-refractivity contribution in [2.75, 3.05) is 7.11 Å². The van der Waals surface area contributed by atoms with Gasteiger partial charge in [-0.3, -0.25) is 0 Å². The molecule has 0 heterocycles. The Balaban J connectivity index is 2.38. The Morgan fingerprint density at radius 3 is 2.50 bits per heavy atom. The first-order valence-electron chi connectivity index (χ1n) is 8.80. The number of allylic oxidation sites excluding steroid dienone is 1. The van der Waals surface area contributed by atoms with E-state index in [-0.39, 0.29) is 11.3 Å². The Hall–Kier alpha value is -2.75. The summed E-state index contributed by atoms with van der Waals surface area (Å²) in [5.41, 5.74) is 2.05. The first kappa shape index (κ1) is 19.6. The van der Waals surface area contributed by atoms with Crippen LogP contribution in [0.15, 0.2) is 42.5 Å². The zero-order chi connectivity index (χ0) is 19.1. The number of ether oxygens (including phenoxy) is 1. The number of hydrogen-bond donors (Lipinski definition) is 2. The van der Waals surface area contributed by atoms with Crippen LogP contribution < -0.4 is 4.74 Å². The molecule has 0 fully saturated rings. The molecule has 2 aromatic rings. The number of aromatic carboxylic acids is 1. The Labute approximate surface area is 154 Å². The maximum atomic E-state index is 11.7. The van der Waals surface area contributed by atoms with E-state index in [1.807, 2.05) is 36.4 Å². The van der Waals surface area contributed by atoms with Crippen LogP contribution in [0.1, 0.15) is 47.3 Å². The summed E-state index contributed by atoms with van der Waals surface area (Å²) in [6.45, 7) is 4.17. The largest absolute Gasteiger partial charge is 0.507 e. The molecule has 2 N–H and O–H groups in total. The van der Waals surface area contributed by atoms with Gasteiger partial charge in [0.1, 0.15) is 17.1 Å². The quantitative estimate of drug-likeness (QED) is 0.704. The van der Waals surface area contributed by atoms with Gasteiger partial charge < -0.3 is 14.9 Å². The number of rotatable bonds is 8. The van der Waals surface area contributed by atoms with Crippen molar-refractivity contribution in [1.29, 1.82) is 0 Å². The van der Waals surface area contributed by atoms with Gasteiger partial charge in [-0.05, 0) is 42.4 Å². The van der Waals surface area contributed by atoms with Gasteiger partial charge in [0.2, 0.25) is 0 Å². The fourth-order valence-corrected chi connectivity index (χ4v) is 2.85. The van der Waals surface area contributed by atoms with Crippen molar-refractivity contribution in [2.24, 2.45) is 5.92 Å². The first-order chi connectivity index (χ1) is 12.4. The molecule has 0 saturated carbocycles. The SMILES string of the molecule is COc1cc(C=CCc2ccccc2)c(C(=O)O)c(O)c1CCC(C)C. The number of carbonyl (C=O) groups is 1. The molecule has 2 rings (SSSR count). The highest BCUT2D eigenvalue weighted by molar-refractivity contribution is 5.96. The Morgan fingerprint density at radius 2 is 1.92 bits per heavy atom. The first-order valence-corrected chi connectivity index (χ1v) is 8.80. The predicted molar refractivity (Wildman–Crippen MR) is 104 cm³/mol. The van der Waals surface area contributed by atoms with Gasteiger partial charge in [-0.15, -0.1) is 0 Å². The average Bonchev–Trinajstić information content (AvgIpc) is 2.60. The summed E-state index contributed by atoms with van der Waals surface area (Å²) in [5.74, 6) is -0.377. The maximum absolute atomic E-state index is 11.7. The number of benzene rings is 2. The second-order valence-electron chi connectivity index (χ2n) is 6.70. The Morgan fingerprint density at radius 1 is 1.23 bits per heavy atom. The van der Waals surface area contributed by atoms with E-state index in [1.54, 1.807) is 12.1 Å². The summed E-state index contributed by atoms with van der Waals surface area (Å²) in [6.07, 6.45) is 5.71. The molecule has 138 valence electrons. The minimum absolute atomic E-state index is 0.0751. The predicted octanol–water partition coefficient (Wildman–Crippen LogP) is 4.94. The van der Waals surface area contributed by atoms with Crippen LogP contribution in [0.5, 0.6) is 11.5 Å². The van der Waals surface area contributed by atoms with Crippen LogP contribution in [0.4, 0.5) is 0 Å². The molecule has 0 amide bonds. The van der Waals surface area contributed by atoms with Crippen LogP contribution in [0.3, 0.4) is 0 Å². The summed E-state index contributed by atoms with van der Waals surface area (Å²) in [4.78, 5) is 11.7. The van der Waals surface area contributed by atoms with Crippen LogP contribution in [-0.4, -0.2) is 23.3 Å². The second kappa shape index (κ2) is 9.09. The van der Waals surface area contributed by atoms with Crippen molar-refractivity contribution in [3.63, 3.8) is 0 Å². The lowest BCUT2D eigenvalue weighted by Crippen LogP contribution is -2.05. The minimum Gasteiger partial charge on any atom is -0.507 e. The molecule has 0 saturated heterocycles. The van der Waals surface area contributed by atoms with Gasteiger partial charge in [0, 0.05) is 5.56 Å². The van der Waals surface area contributed by atoms with Crippen LogP contribution in [0.25, 0.3) is 6.08 Å². The molecule has 4 nitrogen and oxygen atoms in total. The third-order valence-electron chi connectivity index (χ3n) is 4.29. The number of methoxy groups -OCH3 is 1. The van der Waals surface area contributed by atoms with Crippen molar-refractivity contribution in [2.45, 2.75) is 33.1 Å². The lowest BCUT2D eigenvalue weighted by Gasteiger charge is -2.16. The molecule has 0 aliphatic carbocycles. The summed E-state index contributed by atoms with van der Waals surface area (Å²) in [7, 11) is 1.53. The van der Waals surface area contributed by atoms with E-state index in [2.05, 4.69) is 13.8 Å². The van der Waals surface area contributed by atoms with Crippen molar-refractivity contribution in [3.05, 3.63) is 64.7 Å². The highest BCUT2D eigenvalue weighted by Gasteiger charge is 2.22. The van der Waals surface area contributed by atoms with Gasteiger partial charge in [0.25, 0.3) is 0 Å². The number of carboxylic acid groups (broad SMARTS) is 1. The molecule has 0 spiro atoms. The van der Waals surface area contributed by atoms with Crippen LogP contribution in [0, 0.1) is 5.92 Å². The Kier molecular flexibility index (Phi) is 6.84. The summed E-state index contributed by atoms with van der Waals surface area (Å²) in [6, 6.07) is 11.6. The van der Waals surface area contributed by atoms with Crippen molar-refractivity contribution in [1.82, 2.24) is 0 Å². The fourth-order valence-electron chi connectivity index (χ4n) is 2.85. The van der Waals surface area contributed by atoms with E-state index >= 15 is 0 Å². The summed E-state index contributed by atoms with van der Waals surface area (Å²) >= 11 is 0. The normalized spacial score (nSPS) is 11.2. The molecule has 0 aromatic heterocycles. The Bertz CT molecular complexity index is 776. The van der Waals surface area contributed by atoms with Crippen LogP contribution >= 0.6 is 0 Å². The standard InChI is InChI=1S/C22H26O4/c1-15(2)12-13-18-19(26-3)14-17(20(21(18)23)22(24)25)11-7-10-16-8-5-4-6-9-16/h4-9,11,14-15,23H,10,12-13H2,1-3H3,(H,24,25). The summed E-state index contributed by atoms with van der Waals surface area (Å²) in [5, 5.41) is 20.2. The second-order valence-corrected chi connectivity index (χ2v) is 6.70. The van der Waals surface area contributed by atoms with Crippen molar-refractivity contribution in [3.8, 4) is 11.5 Å². The lowest BCUT2D eigenvalue weighted by molar-refractivity contribution is 0.0693. The van der Waals surface area contributed by atoms with Gasteiger partial charge in [-0.1, -0.05) is 56.3 Å². The number of phenols is 1. The van der Waals surface area contributed by atoms with E-state index in [4.69, 9.17) is 4.74 Å². The van der Waals surface area contributed by atoms with Gasteiger partial charge in [-0.2, -0.15) is 0 Å². The third-order valence-corrected chi connectivity index (χ3v) is 4.29. The van der Waals surface area contributed by atoms with E-state index in [9.17, 15) is 15.0 Å². The topological polar surface area (TPSA) is 66.8 Å². The van der Waals surface area contributed by atoms with E-state index < -0.39 is 5.97 Å². The van der Waals surface area contributed by atoms with Gasteiger partial charge >= 0.3 is 5.97 Å². The van der Waals surface area contributed by atoms with Gasteiger partial charge in [0.05, 0.1) is 7.11 Å². The molecule has 26 heavy (non-hydrogen) atoms. The molecule has 0 bridgehead atoms. The fraction of sp³-hybridized carbons (Fsp3) is 0.318. The molecule has 4 heteroatoms. The van der Waals surface area contributed by atoms with E-state index in [0.717, 1.165) is 12.0 Å². The van der Waals surface area contributed by atoms with Crippen molar-refractivity contribution < 1.29 is 19.7 Å². The van der Waals surface area contributed by atoms with Crippen LogP contribution in [0.2, 0.25) is 0 Å². The minimum atomic E-state index is -1.14. The number of carboxylic acids is 1. The molecule has 0 aliphatic heterocycles. The number of aromatic hydroxyl groups is 1. The monoisotopic (exact) mass is 354 g/mol. The average molecular weight is 354 g/mol. The zero-order valence-electron chi connectivity index (χ0n) is 15.5. The molecule has 0 unspecified atom stereocenters. The van der Waals surface area contributed by atoms with E-state index in [0.29, 0.717) is 35.6 Å². The molecular weight excluding hydrogens is 328 g/mol. The zero-order valence-corrected chi connectivity index (χ0v) is 15.5. The van der Waals surface area contributed by atoms with Gasteiger partial charge in [0.15, 0.2) is 0 Å². The molecule has 0 atom stereocenters. The summed E-state index contributed by atoms with van der Waals surface area (Å²) < 4.78 is 5.41. The lowest BCUT2D eigenvalue weighted by atomic mass is 9.95. The van der Waals surface area contributed by atoms with E-state index in [1.165, 1.54) is 7.11 Å². The molecule has 2 aromatic carbocycles. The third kappa shape index (κ3) is 4.88. The molecular formula is C22H26O4. The maximum Gasteiger partial charge on any atom is 0.340 e. The highest BCUT2D eigenvalue weighted by Crippen LogP contribution is 2.36. The molecule has 0 aliphatic rings.